The van der Waals surface area contributed by atoms with Crippen LogP contribution in [-0.4, -0.2) is 26.2 Å². The van der Waals surface area contributed by atoms with E-state index < -0.39 is 0 Å². The summed E-state index contributed by atoms with van der Waals surface area (Å²) in [5.41, 5.74) is 1.16. The third-order valence-electron chi connectivity index (χ3n) is 1.67. The number of hydrogen-bond donors (Lipinski definition) is 0. The summed E-state index contributed by atoms with van der Waals surface area (Å²) in [7, 11) is 5.54. The lowest BCUT2D eigenvalue weighted by molar-refractivity contribution is 0.397. The van der Waals surface area contributed by atoms with Crippen molar-refractivity contribution < 1.29 is 4.74 Å². The number of rotatable bonds is 3. The number of aromatic nitrogens is 1. The molecule has 3 nitrogen and oxygen atoms in total. The molecule has 0 aromatic carbocycles. The van der Waals surface area contributed by atoms with E-state index in [9.17, 15) is 0 Å². The largest absolute Gasteiger partial charge is 0.481 e. The van der Waals surface area contributed by atoms with Crippen molar-refractivity contribution in [3.05, 3.63) is 17.7 Å². The van der Waals surface area contributed by atoms with Gasteiger partial charge >= 0.3 is 0 Å². The number of pyridine rings is 1. The Kier molecular flexibility index (Phi) is 3.54. The van der Waals surface area contributed by atoms with Gasteiger partial charge in [-0.05, 0) is 11.6 Å². The highest BCUT2D eigenvalue weighted by molar-refractivity contribution is 9.08. The maximum atomic E-state index is 5.09. The fourth-order valence-corrected chi connectivity index (χ4v) is 1.28. The highest BCUT2D eigenvalue weighted by Gasteiger charge is 2.03. The van der Waals surface area contributed by atoms with Gasteiger partial charge in [0.2, 0.25) is 5.88 Å². The van der Waals surface area contributed by atoms with E-state index in [4.69, 9.17) is 4.74 Å². The maximum Gasteiger partial charge on any atom is 0.215 e. The van der Waals surface area contributed by atoms with Crippen molar-refractivity contribution in [2.75, 3.05) is 26.1 Å². The summed E-state index contributed by atoms with van der Waals surface area (Å²) in [6.07, 6.45) is 0. The number of alkyl halides is 1. The van der Waals surface area contributed by atoms with Gasteiger partial charge in [-0.25, -0.2) is 0 Å². The van der Waals surface area contributed by atoms with Gasteiger partial charge in [0.05, 0.1) is 7.11 Å². The van der Waals surface area contributed by atoms with E-state index in [2.05, 4.69) is 20.9 Å². The van der Waals surface area contributed by atoms with Gasteiger partial charge in [0.1, 0.15) is 5.82 Å². The normalized spacial score (nSPS) is 9.85. The third-order valence-corrected chi connectivity index (χ3v) is 2.32. The molecule has 72 valence electrons. The average Bonchev–Trinajstić information content (AvgIpc) is 2.16. The number of methoxy groups -OCH3 is 1. The Morgan fingerprint density at radius 1 is 1.46 bits per heavy atom. The molecule has 0 atom stereocenters. The van der Waals surface area contributed by atoms with Crippen LogP contribution in [0.2, 0.25) is 0 Å². The van der Waals surface area contributed by atoms with Crippen molar-refractivity contribution in [1.82, 2.24) is 4.98 Å². The lowest BCUT2D eigenvalue weighted by Gasteiger charge is -2.13. The lowest BCUT2D eigenvalue weighted by atomic mass is 10.3. The zero-order chi connectivity index (χ0) is 9.84. The van der Waals surface area contributed by atoms with Gasteiger partial charge in [-0.1, -0.05) is 15.9 Å². The van der Waals surface area contributed by atoms with Crippen LogP contribution < -0.4 is 9.64 Å². The molecule has 0 saturated carbocycles. The van der Waals surface area contributed by atoms with Crippen LogP contribution in [-0.2, 0) is 5.33 Å². The van der Waals surface area contributed by atoms with E-state index in [0.717, 1.165) is 16.7 Å². The third kappa shape index (κ3) is 2.59. The second kappa shape index (κ2) is 4.46. The number of anilines is 1. The van der Waals surface area contributed by atoms with Gasteiger partial charge in [0, 0.05) is 25.5 Å². The summed E-state index contributed by atoms with van der Waals surface area (Å²) >= 11 is 3.40. The maximum absolute atomic E-state index is 5.09. The number of halogens is 1. The Hall–Kier alpha value is -0.770. The van der Waals surface area contributed by atoms with Crippen LogP contribution in [0.25, 0.3) is 0 Å². The Labute approximate surface area is 86.9 Å². The molecule has 0 aliphatic carbocycles. The van der Waals surface area contributed by atoms with Gasteiger partial charge in [-0.15, -0.1) is 0 Å². The average molecular weight is 245 g/mol. The molecule has 0 aliphatic rings. The minimum absolute atomic E-state index is 0.653. The minimum atomic E-state index is 0.653. The van der Waals surface area contributed by atoms with Crippen molar-refractivity contribution in [3.8, 4) is 5.88 Å². The molecule has 0 radical (unpaired) electrons. The number of ether oxygens (including phenoxy) is 1. The lowest BCUT2D eigenvalue weighted by Crippen LogP contribution is -2.11. The molecular formula is C9H13BrN2O. The monoisotopic (exact) mass is 244 g/mol. The molecule has 0 bridgehead atoms. The molecule has 1 aromatic heterocycles. The van der Waals surface area contributed by atoms with Gasteiger partial charge in [-0.3, -0.25) is 0 Å². The quantitative estimate of drug-likeness (QED) is 0.762. The van der Waals surface area contributed by atoms with Crippen LogP contribution in [0.1, 0.15) is 5.56 Å². The summed E-state index contributed by atoms with van der Waals surface area (Å²) in [5, 5.41) is 0.812. The second-order valence-corrected chi connectivity index (χ2v) is 3.46. The predicted octanol–water partition coefficient (Wildman–Crippen LogP) is 2.05. The Balaban J connectivity index is 3.07. The van der Waals surface area contributed by atoms with Crippen LogP contribution in [0.4, 0.5) is 5.82 Å². The van der Waals surface area contributed by atoms with Crippen molar-refractivity contribution in [2.45, 2.75) is 5.33 Å². The fraction of sp³-hybridized carbons (Fsp3) is 0.444. The highest BCUT2D eigenvalue weighted by Crippen LogP contribution is 2.19. The molecule has 1 rings (SSSR count). The first-order valence-corrected chi connectivity index (χ1v) is 5.07. The molecule has 0 spiro atoms. The van der Waals surface area contributed by atoms with E-state index in [1.54, 1.807) is 7.11 Å². The first kappa shape index (κ1) is 10.3. The van der Waals surface area contributed by atoms with Gasteiger partial charge in [-0.2, -0.15) is 4.98 Å². The molecule has 13 heavy (non-hydrogen) atoms. The first-order chi connectivity index (χ1) is 6.17. The molecule has 0 fully saturated rings. The minimum Gasteiger partial charge on any atom is -0.481 e. The van der Waals surface area contributed by atoms with Crippen LogP contribution >= 0.6 is 15.9 Å². The van der Waals surface area contributed by atoms with Crippen LogP contribution in [0.3, 0.4) is 0 Å². The van der Waals surface area contributed by atoms with Crippen molar-refractivity contribution in [2.24, 2.45) is 0 Å². The molecule has 0 amide bonds. The van der Waals surface area contributed by atoms with Gasteiger partial charge in [0.15, 0.2) is 0 Å². The van der Waals surface area contributed by atoms with Crippen LogP contribution in [0.15, 0.2) is 12.1 Å². The molecular weight excluding hydrogens is 232 g/mol. The second-order valence-electron chi connectivity index (χ2n) is 2.90. The Morgan fingerprint density at radius 3 is 2.62 bits per heavy atom. The smallest absolute Gasteiger partial charge is 0.215 e. The predicted molar refractivity (Wildman–Crippen MR) is 57.7 cm³/mol. The van der Waals surface area contributed by atoms with E-state index in [1.807, 2.05) is 31.1 Å². The van der Waals surface area contributed by atoms with Crippen LogP contribution in [0, 0.1) is 0 Å². The SMILES string of the molecule is COc1cc(CBr)cc(N(C)C)n1. The summed E-state index contributed by atoms with van der Waals surface area (Å²) < 4.78 is 5.09. The summed E-state index contributed by atoms with van der Waals surface area (Å²) in [5.74, 6) is 1.56. The van der Waals surface area contributed by atoms with E-state index in [-0.39, 0.29) is 0 Å². The van der Waals surface area contributed by atoms with Crippen molar-refractivity contribution >= 4 is 21.7 Å². The molecule has 1 aromatic rings. The first-order valence-electron chi connectivity index (χ1n) is 3.95. The number of hydrogen-bond acceptors (Lipinski definition) is 3. The summed E-state index contributed by atoms with van der Waals surface area (Å²) in [4.78, 5) is 6.24. The fourth-order valence-electron chi connectivity index (χ4n) is 0.954. The highest BCUT2D eigenvalue weighted by atomic mass is 79.9. The topological polar surface area (TPSA) is 25.4 Å². The van der Waals surface area contributed by atoms with E-state index in [0.29, 0.717) is 5.88 Å². The molecule has 4 heteroatoms. The molecule has 1 heterocycles. The van der Waals surface area contributed by atoms with E-state index >= 15 is 0 Å². The Bertz CT molecular complexity index is 267. The summed E-state index contributed by atoms with van der Waals surface area (Å²) in [6, 6.07) is 3.94. The molecule has 0 N–H and O–H groups in total. The van der Waals surface area contributed by atoms with Crippen molar-refractivity contribution in [1.29, 1.82) is 0 Å². The molecule has 0 unspecified atom stereocenters. The van der Waals surface area contributed by atoms with Gasteiger partial charge < -0.3 is 9.64 Å². The summed E-state index contributed by atoms with van der Waals surface area (Å²) in [6.45, 7) is 0. The van der Waals surface area contributed by atoms with Crippen LogP contribution in [0.5, 0.6) is 5.88 Å². The van der Waals surface area contributed by atoms with Gasteiger partial charge in [0.25, 0.3) is 0 Å². The van der Waals surface area contributed by atoms with Crippen molar-refractivity contribution in [3.63, 3.8) is 0 Å². The molecule has 0 aliphatic heterocycles. The zero-order valence-electron chi connectivity index (χ0n) is 8.04. The number of nitrogens with zero attached hydrogens (tertiary/aromatic N) is 2. The standard InChI is InChI=1S/C9H13BrN2O/c1-12(2)8-4-7(6-10)5-9(11-8)13-3/h4-5H,6H2,1-3H3. The Morgan fingerprint density at radius 2 is 2.15 bits per heavy atom. The molecule has 0 saturated heterocycles. The van der Waals surface area contributed by atoms with E-state index in [1.165, 1.54) is 0 Å². The zero-order valence-corrected chi connectivity index (χ0v) is 9.63.